The Bertz CT molecular complexity index is 1690. The number of fused-ring (bicyclic) bond motifs is 1. The van der Waals surface area contributed by atoms with Crippen molar-refractivity contribution in [1.82, 2.24) is 14.3 Å². The first-order valence-corrected chi connectivity index (χ1v) is 14.1. The van der Waals surface area contributed by atoms with E-state index in [1.807, 2.05) is 43.3 Å². The molecule has 5 heterocycles. The maximum absolute atomic E-state index is 13.9. The van der Waals surface area contributed by atoms with Gasteiger partial charge in [0.2, 0.25) is 0 Å². The molecular formula is C29H27N5O4S2. The lowest BCUT2D eigenvalue weighted by Crippen LogP contribution is -2.47. The molecule has 11 heteroatoms. The smallest absolute Gasteiger partial charge is 0.267 e. The highest BCUT2D eigenvalue weighted by Crippen LogP contribution is 2.35. The van der Waals surface area contributed by atoms with Crippen molar-refractivity contribution < 1.29 is 13.9 Å². The third-order valence-electron chi connectivity index (χ3n) is 7.03. The first-order valence-electron chi connectivity index (χ1n) is 12.9. The number of pyridine rings is 1. The number of furan rings is 1. The molecule has 0 saturated carbocycles. The summed E-state index contributed by atoms with van der Waals surface area (Å²) < 4.78 is 12.9. The van der Waals surface area contributed by atoms with E-state index < -0.39 is 0 Å². The predicted molar refractivity (Wildman–Crippen MR) is 161 cm³/mol. The van der Waals surface area contributed by atoms with Gasteiger partial charge >= 0.3 is 0 Å². The van der Waals surface area contributed by atoms with Crippen molar-refractivity contribution in [2.75, 3.05) is 43.1 Å². The molecule has 0 N–H and O–H groups in total. The van der Waals surface area contributed by atoms with Gasteiger partial charge in [0.15, 0.2) is 0 Å². The zero-order chi connectivity index (χ0) is 27.8. The molecule has 2 aliphatic heterocycles. The number of benzene rings is 1. The number of aromatic nitrogens is 2. The van der Waals surface area contributed by atoms with Crippen LogP contribution in [0.4, 0.5) is 11.5 Å². The normalized spacial score (nSPS) is 16.9. The zero-order valence-electron chi connectivity index (χ0n) is 22.1. The topological polar surface area (TPSA) is 83.5 Å². The highest BCUT2D eigenvalue weighted by atomic mass is 32.2. The van der Waals surface area contributed by atoms with Crippen LogP contribution in [0.1, 0.15) is 16.9 Å². The summed E-state index contributed by atoms with van der Waals surface area (Å²) in [6.45, 7) is 4.90. The SMILES string of the molecule is COc1ccccc1N1CCN(c2nc3ccc(C)cn3c(=O)c2C=C2SC(=S)N(Cc3ccco3)C2=O)CC1. The highest BCUT2D eigenvalue weighted by Gasteiger charge is 2.34. The fraction of sp³-hybridized carbons (Fsp3) is 0.241. The Morgan fingerprint density at radius 3 is 2.58 bits per heavy atom. The summed E-state index contributed by atoms with van der Waals surface area (Å²) >= 11 is 6.69. The monoisotopic (exact) mass is 573 g/mol. The zero-order valence-corrected chi connectivity index (χ0v) is 23.7. The average Bonchev–Trinajstić information content (AvgIpc) is 3.58. The molecule has 1 aromatic carbocycles. The largest absolute Gasteiger partial charge is 0.495 e. The van der Waals surface area contributed by atoms with E-state index in [0.717, 1.165) is 30.1 Å². The van der Waals surface area contributed by atoms with Gasteiger partial charge in [-0.1, -0.05) is 42.2 Å². The summed E-state index contributed by atoms with van der Waals surface area (Å²) in [6.07, 6.45) is 4.98. The van der Waals surface area contributed by atoms with Crippen LogP contribution in [-0.2, 0) is 11.3 Å². The number of anilines is 2. The van der Waals surface area contributed by atoms with Gasteiger partial charge in [-0.25, -0.2) is 4.98 Å². The molecule has 1 amide bonds. The van der Waals surface area contributed by atoms with E-state index >= 15 is 0 Å². The van der Waals surface area contributed by atoms with E-state index in [4.69, 9.17) is 26.4 Å². The number of ether oxygens (including phenoxy) is 1. The van der Waals surface area contributed by atoms with Gasteiger partial charge in [-0.05, 0) is 48.9 Å². The Balaban J connectivity index is 1.36. The summed E-state index contributed by atoms with van der Waals surface area (Å²) in [5.74, 6) is 1.76. The first kappa shape index (κ1) is 26.1. The van der Waals surface area contributed by atoms with Crippen LogP contribution in [0.5, 0.6) is 5.75 Å². The summed E-state index contributed by atoms with van der Waals surface area (Å²) in [5.41, 5.74) is 2.66. The van der Waals surface area contributed by atoms with Crippen molar-refractivity contribution in [3.63, 3.8) is 0 Å². The number of hydrogen-bond acceptors (Lipinski definition) is 9. The molecule has 2 saturated heterocycles. The molecule has 2 aliphatic rings. The lowest BCUT2D eigenvalue weighted by atomic mass is 10.2. The number of rotatable bonds is 6. The van der Waals surface area contributed by atoms with Crippen LogP contribution in [0, 0.1) is 6.92 Å². The number of piperazine rings is 1. The van der Waals surface area contributed by atoms with Crippen molar-refractivity contribution in [1.29, 1.82) is 0 Å². The number of thioether (sulfide) groups is 1. The van der Waals surface area contributed by atoms with Gasteiger partial charge in [0.05, 0.1) is 36.1 Å². The van der Waals surface area contributed by atoms with E-state index in [-0.39, 0.29) is 18.0 Å². The van der Waals surface area contributed by atoms with Gasteiger partial charge in [-0.15, -0.1) is 0 Å². The number of carbonyl (C=O) groups excluding carboxylic acids is 1. The van der Waals surface area contributed by atoms with E-state index in [1.165, 1.54) is 16.7 Å². The second-order valence-corrected chi connectivity index (χ2v) is 11.3. The van der Waals surface area contributed by atoms with E-state index in [2.05, 4.69) is 9.80 Å². The number of methoxy groups -OCH3 is 1. The van der Waals surface area contributed by atoms with Crippen molar-refractivity contribution in [2.45, 2.75) is 13.5 Å². The van der Waals surface area contributed by atoms with Crippen LogP contribution < -0.4 is 20.1 Å². The molecule has 40 heavy (non-hydrogen) atoms. The Kier molecular flexibility index (Phi) is 7.07. The molecule has 0 radical (unpaired) electrons. The van der Waals surface area contributed by atoms with Crippen LogP contribution in [-0.4, -0.2) is 57.8 Å². The Morgan fingerprint density at radius 2 is 1.82 bits per heavy atom. The molecule has 0 bridgehead atoms. The molecule has 4 aromatic rings. The third kappa shape index (κ3) is 4.86. The standard InChI is InChI=1S/C29H27N5O4S2/c1-19-9-10-25-30-26(32-13-11-31(12-14-32)22-7-3-4-8-23(22)37-2)21(27(35)33(25)17-19)16-24-28(36)34(29(39)40-24)18-20-6-5-15-38-20/h3-10,15-17H,11-14,18H2,1-2H3. The summed E-state index contributed by atoms with van der Waals surface area (Å²) in [5, 5.41) is 0. The molecule has 0 spiro atoms. The van der Waals surface area contributed by atoms with Crippen LogP contribution in [0.25, 0.3) is 11.7 Å². The Labute approximate surface area is 240 Å². The molecule has 2 fully saturated rings. The van der Waals surface area contributed by atoms with Crippen molar-refractivity contribution in [3.8, 4) is 5.75 Å². The maximum atomic E-state index is 13.9. The van der Waals surface area contributed by atoms with E-state index in [9.17, 15) is 9.59 Å². The molecule has 0 aliphatic carbocycles. The number of para-hydroxylation sites is 2. The van der Waals surface area contributed by atoms with Gasteiger partial charge in [-0.2, -0.15) is 0 Å². The lowest BCUT2D eigenvalue weighted by molar-refractivity contribution is -0.122. The fourth-order valence-electron chi connectivity index (χ4n) is 4.99. The van der Waals surface area contributed by atoms with Crippen LogP contribution in [0.2, 0.25) is 0 Å². The molecule has 6 rings (SSSR count). The lowest BCUT2D eigenvalue weighted by Gasteiger charge is -2.37. The summed E-state index contributed by atoms with van der Waals surface area (Å²) in [7, 11) is 1.67. The Hall–Kier alpha value is -4.09. The predicted octanol–water partition coefficient (Wildman–Crippen LogP) is 4.33. The van der Waals surface area contributed by atoms with E-state index in [0.29, 0.717) is 45.1 Å². The van der Waals surface area contributed by atoms with E-state index in [1.54, 1.807) is 42.2 Å². The van der Waals surface area contributed by atoms with Crippen molar-refractivity contribution >= 4 is 57.4 Å². The molecule has 3 aromatic heterocycles. The fourth-order valence-corrected chi connectivity index (χ4v) is 6.23. The number of aryl methyl sites for hydroxylation is 1. The van der Waals surface area contributed by atoms with Gasteiger partial charge < -0.3 is 19.0 Å². The second kappa shape index (κ2) is 10.8. The highest BCUT2D eigenvalue weighted by molar-refractivity contribution is 8.26. The minimum atomic E-state index is -0.257. The first-order chi connectivity index (χ1) is 19.4. The number of hydrogen-bond donors (Lipinski definition) is 0. The van der Waals surface area contributed by atoms with Gasteiger partial charge in [-0.3, -0.25) is 18.9 Å². The van der Waals surface area contributed by atoms with Crippen molar-refractivity contribution in [3.05, 3.63) is 93.1 Å². The molecular weight excluding hydrogens is 546 g/mol. The molecule has 9 nitrogen and oxygen atoms in total. The van der Waals surface area contributed by atoms with Crippen molar-refractivity contribution in [2.24, 2.45) is 0 Å². The number of amides is 1. The van der Waals surface area contributed by atoms with Crippen LogP contribution >= 0.6 is 24.0 Å². The molecule has 0 unspecified atom stereocenters. The van der Waals surface area contributed by atoms with Crippen LogP contribution in [0.15, 0.2) is 75.1 Å². The van der Waals surface area contributed by atoms with Gasteiger partial charge in [0.25, 0.3) is 11.5 Å². The number of nitrogens with zero attached hydrogens (tertiary/aromatic N) is 5. The maximum Gasteiger partial charge on any atom is 0.267 e. The second-order valence-electron chi connectivity index (χ2n) is 9.58. The van der Waals surface area contributed by atoms with Crippen LogP contribution in [0.3, 0.4) is 0 Å². The molecule has 204 valence electrons. The Morgan fingerprint density at radius 1 is 1.05 bits per heavy atom. The number of carbonyl (C=O) groups is 1. The minimum Gasteiger partial charge on any atom is -0.495 e. The van der Waals surface area contributed by atoms with Gasteiger partial charge in [0.1, 0.15) is 27.3 Å². The quantitative estimate of drug-likeness (QED) is 0.247. The summed E-state index contributed by atoms with van der Waals surface area (Å²) in [6, 6.07) is 15.3. The number of thiocarbonyl (C=S) groups is 1. The van der Waals surface area contributed by atoms with Gasteiger partial charge in [0, 0.05) is 32.4 Å². The minimum absolute atomic E-state index is 0.229. The third-order valence-corrected chi connectivity index (χ3v) is 8.41. The average molecular weight is 574 g/mol. The summed E-state index contributed by atoms with van der Waals surface area (Å²) in [4.78, 5) is 38.4. The molecule has 0 atom stereocenters.